The molecule has 2 atom stereocenters. The molecule has 1 aliphatic rings. The van der Waals surface area contributed by atoms with Crippen molar-refractivity contribution in [3.05, 3.63) is 64.5 Å². The molecule has 1 unspecified atom stereocenters. The van der Waals surface area contributed by atoms with Gasteiger partial charge in [-0.1, -0.05) is 18.2 Å². The van der Waals surface area contributed by atoms with E-state index in [1.807, 2.05) is 30.0 Å². The Labute approximate surface area is 208 Å². The normalized spacial score (nSPS) is 18.1. The maximum absolute atomic E-state index is 14.1. The number of hydrogen-bond donors (Lipinski definition) is 1. The fourth-order valence-electron chi connectivity index (χ4n) is 4.58. The fourth-order valence-corrected chi connectivity index (χ4v) is 4.58. The molecule has 0 aliphatic carbocycles. The molecular weight excluding hydrogens is 476 g/mol. The summed E-state index contributed by atoms with van der Waals surface area (Å²) >= 11 is 0. The van der Waals surface area contributed by atoms with Gasteiger partial charge in [0.15, 0.2) is 0 Å². The minimum atomic E-state index is -4.76. The summed E-state index contributed by atoms with van der Waals surface area (Å²) in [5.41, 5.74) is 7.62. The monoisotopic (exact) mass is 508 g/mol. The zero-order chi connectivity index (χ0) is 26.8. The molecule has 0 bridgehead atoms. The lowest BCUT2D eigenvalue weighted by Crippen LogP contribution is -2.38. The number of halogens is 4. The fraction of sp³-hybridized carbons (Fsp3) is 0.462. The molecule has 1 saturated heterocycles. The van der Waals surface area contributed by atoms with Gasteiger partial charge in [-0.3, -0.25) is 14.5 Å². The zero-order valence-corrected chi connectivity index (χ0v) is 20.9. The van der Waals surface area contributed by atoms with Crippen molar-refractivity contribution in [1.29, 1.82) is 0 Å². The van der Waals surface area contributed by atoms with Gasteiger partial charge in [0.2, 0.25) is 11.8 Å². The molecule has 3 rings (SSSR count). The van der Waals surface area contributed by atoms with E-state index in [0.29, 0.717) is 24.3 Å². The Hall–Kier alpha value is -3.14. The van der Waals surface area contributed by atoms with Crippen molar-refractivity contribution in [3.63, 3.8) is 0 Å². The van der Waals surface area contributed by atoms with Crippen LogP contribution in [0.5, 0.6) is 0 Å². The van der Waals surface area contributed by atoms with E-state index in [4.69, 9.17) is 5.73 Å². The van der Waals surface area contributed by atoms with E-state index in [-0.39, 0.29) is 43.2 Å². The number of nitrogens with zero attached hydrogens (tertiary/aromatic N) is 3. The van der Waals surface area contributed by atoms with E-state index in [0.717, 1.165) is 23.3 Å². The van der Waals surface area contributed by atoms with Gasteiger partial charge in [0.1, 0.15) is 5.82 Å². The average Bonchev–Trinajstić information content (AvgIpc) is 3.24. The number of anilines is 1. The van der Waals surface area contributed by atoms with Gasteiger partial charge in [-0.2, -0.15) is 13.2 Å². The quantitative estimate of drug-likeness (QED) is 0.453. The van der Waals surface area contributed by atoms with E-state index in [2.05, 4.69) is 0 Å². The molecule has 1 fully saturated rings. The number of benzene rings is 2. The average molecular weight is 509 g/mol. The topological polar surface area (TPSA) is 69.9 Å². The summed E-state index contributed by atoms with van der Waals surface area (Å²) in [5, 5.41) is 0. The SMILES string of the molecule is Cc1cc([C@H]2CN(C(=O)CCC(=O)N(C)C)CC2N(C)Cc2ccc(C(F)(F)F)c(F)c2)ccc1N. The largest absolute Gasteiger partial charge is 0.419 e. The van der Waals surface area contributed by atoms with E-state index < -0.39 is 17.6 Å². The van der Waals surface area contributed by atoms with Crippen molar-refractivity contribution >= 4 is 17.5 Å². The highest BCUT2D eigenvalue weighted by molar-refractivity contribution is 5.83. The van der Waals surface area contributed by atoms with Gasteiger partial charge in [0.25, 0.3) is 0 Å². The molecule has 2 N–H and O–H groups in total. The second kappa shape index (κ2) is 10.9. The minimum Gasteiger partial charge on any atom is -0.399 e. The molecule has 0 radical (unpaired) electrons. The Bertz CT molecular complexity index is 1120. The van der Waals surface area contributed by atoms with E-state index in [1.165, 1.54) is 11.0 Å². The molecule has 1 aliphatic heterocycles. The first-order valence-corrected chi connectivity index (χ1v) is 11.7. The number of rotatable bonds is 7. The molecule has 10 heteroatoms. The van der Waals surface area contributed by atoms with Crippen LogP contribution in [0, 0.1) is 12.7 Å². The van der Waals surface area contributed by atoms with Crippen LogP contribution in [0.25, 0.3) is 0 Å². The molecule has 6 nitrogen and oxygen atoms in total. The van der Waals surface area contributed by atoms with Crippen molar-refractivity contribution in [2.24, 2.45) is 0 Å². The summed E-state index contributed by atoms with van der Waals surface area (Å²) in [6, 6.07) is 8.46. The maximum atomic E-state index is 14.1. The second-order valence-electron chi connectivity index (χ2n) is 9.60. The van der Waals surface area contributed by atoms with Gasteiger partial charge in [0, 0.05) is 64.2 Å². The summed E-state index contributed by atoms with van der Waals surface area (Å²) in [6.45, 7) is 2.90. The highest BCUT2D eigenvalue weighted by atomic mass is 19.4. The van der Waals surface area contributed by atoms with Gasteiger partial charge >= 0.3 is 6.18 Å². The standard InChI is InChI=1S/C26H32F4N4O2/c1-16-11-18(6-8-22(16)31)19-14-34(25(36)10-9-24(35)32(2)3)15-23(19)33(4)13-17-5-7-20(21(27)12-17)26(28,29)30/h5-8,11-12,19,23H,9-10,13-15,31H2,1-4H3/t19-,23?/m1/s1. The lowest BCUT2D eigenvalue weighted by Gasteiger charge is -2.29. The zero-order valence-electron chi connectivity index (χ0n) is 20.9. The molecule has 196 valence electrons. The van der Waals surface area contributed by atoms with Crippen LogP contribution in [-0.2, 0) is 22.3 Å². The highest BCUT2D eigenvalue weighted by Crippen LogP contribution is 2.35. The molecule has 2 aromatic carbocycles. The number of alkyl halides is 3. The van der Waals surface area contributed by atoms with Crippen molar-refractivity contribution in [1.82, 2.24) is 14.7 Å². The lowest BCUT2D eigenvalue weighted by atomic mass is 9.91. The van der Waals surface area contributed by atoms with Crippen molar-refractivity contribution < 1.29 is 27.2 Å². The van der Waals surface area contributed by atoms with Crippen LogP contribution < -0.4 is 5.73 Å². The third-order valence-electron chi connectivity index (χ3n) is 6.75. The smallest absolute Gasteiger partial charge is 0.399 e. The number of aryl methyl sites for hydroxylation is 1. The summed E-state index contributed by atoms with van der Waals surface area (Å²) in [6.07, 6.45) is -4.56. The number of amides is 2. The molecule has 1 heterocycles. The van der Waals surface area contributed by atoms with Gasteiger partial charge in [0.05, 0.1) is 5.56 Å². The summed E-state index contributed by atoms with van der Waals surface area (Å²) < 4.78 is 53.0. The van der Waals surface area contributed by atoms with Crippen molar-refractivity contribution in [3.8, 4) is 0 Å². The second-order valence-corrected chi connectivity index (χ2v) is 9.60. The first kappa shape index (κ1) is 27.4. The number of likely N-dealkylation sites (N-methyl/N-ethyl adjacent to an activating group) is 1. The lowest BCUT2D eigenvalue weighted by molar-refractivity contribution is -0.140. The first-order chi connectivity index (χ1) is 16.8. The van der Waals surface area contributed by atoms with Crippen LogP contribution >= 0.6 is 0 Å². The number of carbonyl (C=O) groups excluding carboxylic acids is 2. The van der Waals surface area contributed by atoms with E-state index in [1.54, 1.807) is 26.0 Å². The molecule has 0 saturated carbocycles. The molecular formula is C26H32F4N4O2. The van der Waals surface area contributed by atoms with Crippen LogP contribution in [0.1, 0.15) is 41.0 Å². The van der Waals surface area contributed by atoms with Gasteiger partial charge in [-0.25, -0.2) is 4.39 Å². The van der Waals surface area contributed by atoms with Gasteiger partial charge in [-0.15, -0.1) is 0 Å². The van der Waals surface area contributed by atoms with Crippen LogP contribution in [0.3, 0.4) is 0 Å². The summed E-state index contributed by atoms with van der Waals surface area (Å²) in [5.74, 6) is -1.68. The van der Waals surface area contributed by atoms with Crippen molar-refractivity contribution in [2.75, 3.05) is 40.0 Å². The summed E-state index contributed by atoms with van der Waals surface area (Å²) in [4.78, 5) is 30.0. The predicted octanol–water partition coefficient (Wildman–Crippen LogP) is 4.03. The molecule has 0 aromatic heterocycles. The Balaban J connectivity index is 1.82. The third kappa shape index (κ3) is 6.34. The highest BCUT2D eigenvalue weighted by Gasteiger charge is 2.39. The third-order valence-corrected chi connectivity index (χ3v) is 6.75. The Morgan fingerprint density at radius 2 is 1.75 bits per heavy atom. The number of hydrogen-bond acceptors (Lipinski definition) is 4. The number of likely N-dealkylation sites (tertiary alicyclic amines) is 1. The Kier molecular flexibility index (Phi) is 8.28. The number of carbonyl (C=O) groups is 2. The van der Waals surface area contributed by atoms with Crippen LogP contribution in [0.4, 0.5) is 23.2 Å². The van der Waals surface area contributed by atoms with E-state index >= 15 is 0 Å². The molecule has 2 amide bonds. The Morgan fingerprint density at radius 1 is 1.06 bits per heavy atom. The van der Waals surface area contributed by atoms with Crippen LogP contribution in [0.15, 0.2) is 36.4 Å². The Morgan fingerprint density at radius 3 is 2.33 bits per heavy atom. The van der Waals surface area contributed by atoms with E-state index in [9.17, 15) is 27.2 Å². The first-order valence-electron chi connectivity index (χ1n) is 11.7. The van der Waals surface area contributed by atoms with Crippen molar-refractivity contribution in [2.45, 2.75) is 44.4 Å². The predicted molar refractivity (Wildman–Crippen MR) is 129 cm³/mol. The maximum Gasteiger partial charge on any atom is 0.419 e. The van der Waals surface area contributed by atoms with Crippen LogP contribution in [-0.4, -0.2) is 66.8 Å². The minimum absolute atomic E-state index is 0.0883. The van der Waals surface area contributed by atoms with Crippen LogP contribution in [0.2, 0.25) is 0 Å². The van der Waals surface area contributed by atoms with Gasteiger partial charge in [-0.05, 0) is 48.9 Å². The van der Waals surface area contributed by atoms with Gasteiger partial charge < -0.3 is 15.5 Å². The molecule has 2 aromatic rings. The summed E-state index contributed by atoms with van der Waals surface area (Å²) in [7, 11) is 5.08. The number of nitrogens with two attached hydrogens (primary N) is 1. The molecule has 0 spiro atoms. The number of nitrogen functional groups attached to an aromatic ring is 1. The molecule has 36 heavy (non-hydrogen) atoms.